The van der Waals surface area contributed by atoms with Gasteiger partial charge in [-0.15, -0.1) is 0 Å². The molecule has 0 saturated heterocycles. The number of nitrogens with zero attached hydrogens (tertiary/aromatic N) is 2. The fourth-order valence-electron chi connectivity index (χ4n) is 0.222. The first kappa shape index (κ1) is 6.52. The Hall–Kier alpha value is 0.400. The van der Waals surface area contributed by atoms with Gasteiger partial charge in [0.1, 0.15) is 0 Å². The van der Waals surface area contributed by atoms with Crippen molar-refractivity contribution in [3.63, 3.8) is 0 Å². The van der Waals surface area contributed by atoms with Crippen LogP contribution < -0.4 is 4.90 Å². The van der Waals surface area contributed by atoms with E-state index in [-0.39, 0.29) is 0 Å². The van der Waals surface area contributed by atoms with Crippen LogP contribution in [0.3, 0.4) is 0 Å². The van der Waals surface area contributed by atoms with E-state index in [1.165, 1.54) is 0 Å². The molecular formula is C2I2N2O2. The molecule has 4 nitrogen and oxygen atoms in total. The summed E-state index contributed by atoms with van der Waals surface area (Å²) in [5.74, 6) is 0. The third-order valence-electron chi connectivity index (χ3n) is 0.526. The minimum absolute atomic E-state index is 0.363. The van der Waals surface area contributed by atoms with Crippen molar-refractivity contribution < 1.29 is 9.53 Å². The summed E-state index contributed by atoms with van der Waals surface area (Å²) in [4.78, 5) is 0.363. The summed E-state index contributed by atoms with van der Waals surface area (Å²) in [6.07, 6.45) is 0. The van der Waals surface area contributed by atoms with Crippen LogP contribution in [0.1, 0.15) is 0 Å². The molecular weight excluding hydrogens is 338 g/mol. The van der Waals surface area contributed by atoms with Crippen molar-refractivity contribution in [3.05, 3.63) is 12.6 Å². The second kappa shape index (κ2) is 2.33. The van der Waals surface area contributed by atoms with Gasteiger partial charge in [0, 0.05) is 45.2 Å². The van der Waals surface area contributed by atoms with Crippen LogP contribution in [-0.4, -0.2) is 5.16 Å². The highest BCUT2D eigenvalue weighted by atomic mass is 127. The number of halogens is 2. The van der Waals surface area contributed by atoms with Crippen molar-refractivity contribution in [1.29, 1.82) is 0 Å². The molecule has 6 heteroatoms. The van der Waals surface area contributed by atoms with E-state index in [0.29, 0.717) is 12.3 Å². The molecule has 1 aromatic rings. The van der Waals surface area contributed by atoms with E-state index in [1.807, 2.05) is 45.2 Å². The SMILES string of the molecule is [O-][n+]1onc(I)c1I. The Kier molecular flexibility index (Phi) is 1.90. The summed E-state index contributed by atoms with van der Waals surface area (Å²) < 4.78 is 5.26. The first-order chi connectivity index (χ1) is 3.72. The molecule has 0 amide bonds. The van der Waals surface area contributed by atoms with E-state index in [0.717, 1.165) is 0 Å². The smallest absolute Gasteiger partial charge is 0.290 e. The standard InChI is InChI=1S/C2I2N2O2/c3-1-2(4)6(7)8-5-1. The number of rotatable bonds is 0. The van der Waals surface area contributed by atoms with Gasteiger partial charge in [0.25, 0.3) is 7.40 Å². The second-order valence-electron chi connectivity index (χ2n) is 1.01. The summed E-state index contributed by atoms with van der Waals surface area (Å²) in [6.45, 7) is 0. The monoisotopic (exact) mass is 338 g/mol. The minimum atomic E-state index is 0.363. The molecule has 44 valence electrons. The van der Waals surface area contributed by atoms with Gasteiger partial charge in [-0.1, -0.05) is 0 Å². The van der Waals surface area contributed by atoms with Crippen LogP contribution in [-0.2, 0) is 0 Å². The van der Waals surface area contributed by atoms with Gasteiger partial charge in [-0.05, 0) is 4.90 Å². The summed E-state index contributed by atoms with van der Waals surface area (Å²) in [5, 5.41) is 13.7. The van der Waals surface area contributed by atoms with Crippen molar-refractivity contribution in [2.75, 3.05) is 0 Å². The van der Waals surface area contributed by atoms with Crippen molar-refractivity contribution in [3.8, 4) is 0 Å². The highest BCUT2D eigenvalue weighted by Crippen LogP contribution is 2.05. The average molecular weight is 338 g/mol. The first-order valence-corrected chi connectivity index (χ1v) is 3.78. The first-order valence-electron chi connectivity index (χ1n) is 1.62. The lowest BCUT2D eigenvalue weighted by Crippen LogP contribution is -2.26. The largest absolute Gasteiger partial charge is 0.359 e. The van der Waals surface area contributed by atoms with Gasteiger partial charge in [-0.25, -0.2) is 0 Å². The van der Waals surface area contributed by atoms with Crippen LogP contribution >= 0.6 is 45.2 Å². The summed E-state index contributed by atoms with van der Waals surface area (Å²) in [6, 6.07) is 0. The Morgan fingerprint density at radius 3 is 2.38 bits per heavy atom. The molecule has 0 aliphatic rings. The van der Waals surface area contributed by atoms with Gasteiger partial charge in [-0.3, -0.25) is 4.63 Å². The molecule has 0 saturated carbocycles. The molecule has 1 rings (SSSR count). The number of aromatic nitrogens is 2. The van der Waals surface area contributed by atoms with E-state index in [1.54, 1.807) is 0 Å². The van der Waals surface area contributed by atoms with Gasteiger partial charge < -0.3 is 5.21 Å². The number of hydrogen-bond donors (Lipinski definition) is 0. The predicted molar refractivity (Wildman–Crippen MR) is 40.9 cm³/mol. The highest BCUT2D eigenvalue weighted by molar-refractivity contribution is 14.1. The van der Waals surface area contributed by atoms with Crippen molar-refractivity contribution in [2.45, 2.75) is 0 Å². The Labute approximate surface area is 72.0 Å². The van der Waals surface area contributed by atoms with Crippen molar-refractivity contribution in [1.82, 2.24) is 5.16 Å². The van der Waals surface area contributed by atoms with Crippen molar-refractivity contribution in [2.24, 2.45) is 0 Å². The fraction of sp³-hybridized carbons (Fsp3) is 0. The van der Waals surface area contributed by atoms with Crippen molar-refractivity contribution >= 4 is 45.2 Å². The molecule has 8 heavy (non-hydrogen) atoms. The molecule has 0 atom stereocenters. The van der Waals surface area contributed by atoms with E-state index >= 15 is 0 Å². The third kappa shape index (κ3) is 1.04. The van der Waals surface area contributed by atoms with E-state index < -0.39 is 0 Å². The molecule has 0 unspecified atom stereocenters. The maximum absolute atomic E-state index is 10.3. The van der Waals surface area contributed by atoms with E-state index in [4.69, 9.17) is 0 Å². The molecule has 0 radical (unpaired) electrons. The normalized spacial score (nSPS) is 9.75. The zero-order valence-corrected chi connectivity index (χ0v) is 7.78. The number of hydrogen-bond acceptors (Lipinski definition) is 3. The summed E-state index contributed by atoms with van der Waals surface area (Å²) in [7, 11) is 0. The average Bonchev–Trinajstić information content (AvgIpc) is 1.98. The van der Waals surface area contributed by atoms with Crippen LogP contribution in [0.2, 0.25) is 0 Å². The molecule has 0 aliphatic carbocycles. The van der Waals surface area contributed by atoms with Gasteiger partial charge in [0.2, 0.25) is 0 Å². The van der Waals surface area contributed by atoms with Crippen LogP contribution in [0.4, 0.5) is 0 Å². The predicted octanol–water partition coefficient (Wildman–Crippen LogP) is 0.517. The van der Waals surface area contributed by atoms with Gasteiger partial charge >= 0.3 is 0 Å². The Bertz CT molecular complexity index is 178. The maximum Gasteiger partial charge on any atom is 0.290 e. The Balaban J connectivity index is 3.19. The molecule has 0 fully saturated rings. The maximum atomic E-state index is 10.3. The molecule has 0 spiro atoms. The molecule has 0 N–H and O–H groups in total. The molecule has 1 heterocycles. The minimum Gasteiger partial charge on any atom is -0.359 e. The summed E-state index contributed by atoms with van der Waals surface area (Å²) >= 11 is 3.76. The zero-order valence-electron chi connectivity index (χ0n) is 3.47. The molecule has 0 bridgehead atoms. The van der Waals surface area contributed by atoms with Crippen LogP contribution in [0.5, 0.6) is 0 Å². The molecule has 0 aliphatic heterocycles. The fourth-order valence-corrected chi connectivity index (χ4v) is 0.693. The highest BCUT2D eigenvalue weighted by Gasteiger charge is 2.10. The van der Waals surface area contributed by atoms with Gasteiger partial charge in [0.15, 0.2) is 0 Å². The quantitative estimate of drug-likeness (QED) is 0.512. The van der Waals surface area contributed by atoms with E-state index in [9.17, 15) is 5.21 Å². The lowest BCUT2D eigenvalue weighted by molar-refractivity contribution is -0.812. The lowest BCUT2D eigenvalue weighted by atomic mass is 11.0. The Morgan fingerprint density at radius 1 is 1.62 bits per heavy atom. The molecule has 1 aromatic heterocycles. The zero-order chi connectivity index (χ0) is 6.15. The Morgan fingerprint density at radius 2 is 2.25 bits per heavy atom. The summed E-state index contributed by atoms with van der Waals surface area (Å²) in [5.41, 5.74) is 0. The second-order valence-corrected chi connectivity index (χ2v) is 3.06. The van der Waals surface area contributed by atoms with Gasteiger partial charge in [0.05, 0.1) is 5.16 Å². The molecule has 0 aromatic carbocycles. The van der Waals surface area contributed by atoms with Gasteiger partial charge in [-0.2, -0.15) is 0 Å². The lowest BCUT2D eigenvalue weighted by Gasteiger charge is -1.79. The van der Waals surface area contributed by atoms with Crippen LogP contribution in [0.25, 0.3) is 0 Å². The van der Waals surface area contributed by atoms with Crippen LogP contribution in [0.15, 0.2) is 4.63 Å². The third-order valence-corrected chi connectivity index (χ3v) is 3.17. The topological polar surface area (TPSA) is 53.0 Å². The van der Waals surface area contributed by atoms with E-state index in [2.05, 4.69) is 9.79 Å². The van der Waals surface area contributed by atoms with Crippen LogP contribution in [0, 0.1) is 12.6 Å².